The molecule has 1 heterocycles. The molecule has 0 aliphatic heterocycles. The molecular formula is C20H30N4O6. The van der Waals surface area contributed by atoms with Gasteiger partial charge in [-0.15, -0.1) is 10.1 Å². The predicted molar refractivity (Wildman–Crippen MR) is 113 cm³/mol. The zero-order chi connectivity index (χ0) is 22.1. The first-order chi connectivity index (χ1) is 14.4. The minimum Gasteiger partial charge on any atom is -0.493 e. The van der Waals surface area contributed by atoms with Crippen LogP contribution in [0, 0.1) is 10.1 Å². The third-order valence-electron chi connectivity index (χ3n) is 4.59. The van der Waals surface area contributed by atoms with Gasteiger partial charge in [-0.3, -0.25) is 0 Å². The van der Waals surface area contributed by atoms with E-state index in [4.69, 9.17) is 24.2 Å². The molecule has 0 amide bonds. The predicted octanol–water partition coefficient (Wildman–Crippen LogP) is 3.96. The summed E-state index contributed by atoms with van der Waals surface area (Å²) in [6, 6.07) is 1.85. The molecule has 0 atom stereocenters. The average molecular weight is 422 g/mol. The van der Waals surface area contributed by atoms with E-state index >= 15 is 0 Å². The van der Waals surface area contributed by atoms with Crippen LogP contribution in [0.25, 0.3) is 10.9 Å². The molecule has 30 heavy (non-hydrogen) atoms. The second-order valence-electron chi connectivity index (χ2n) is 7.02. The van der Waals surface area contributed by atoms with Crippen molar-refractivity contribution < 1.29 is 24.1 Å². The number of hydrogen-bond acceptors (Lipinski definition) is 9. The quantitative estimate of drug-likeness (QED) is 0.291. The second kappa shape index (κ2) is 11.2. The lowest BCUT2D eigenvalue weighted by atomic mass is 10.1. The van der Waals surface area contributed by atoms with Crippen molar-refractivity contribution in [2.75, 3.05) is 39.8 Å². The second-order valence-corrected chi connectivity index (χ2v) is 7.02. The molecule has 0 aliphatic carbocycles. The molecule has 0 aliphatic rings. The lowest BCUT2D eigenvalue weighted by molar-refractivity contribution is -0.757. The molecule has 0 saturated heterocycles. The number of nitrogens with one attached hydrogen (secondary N) is 1. The van der Waals surface area contributed by atoms with E-state index in [0.29, 0.717) is 47.4 Å². The van der Waals surface area contributed by atoms with Gasteiger partial charge < -0.3 is 24.4 Å². The smallest absolute Gasteiger partial charge is 0.294 e. The summed E-state index contributed by atoms with van der Waals surface area (Å²) in [5, 5.41) is 13.6. The Hall–Kier alpha value is -3.04. The first-order valence-corrected chi connectivity index (χ1v) is 9.94. The van der Waals surface area contributed by atoms with E-state index < -0.39 is 5.09 Å². The minimum absolute atomic E-state index is 0.134. The molecule has 0 bridgehead atoms. The van der Waals surface area contributed by atoms with Gasteiger partial charge in [-0.05, 0) is 18.9 Å². The Labute approximate surface area is 176 Å². The van der Waals surface area contributed by atoms with E-state index in [2.05, 4.69) is 10.2 Å². The Balaban J connectivity index is 2.20. The number of fused-ring (bicyclic) bond motifs is 1. The van der Waals surface area contributed by atoms with E-state index in [1.165, 1.54) is 0 Å². The van der Waals surface area contributed by atoms with Crippen molar-refractivity contribution >= 4 is 16.7 Å². The lowest BCUT2D eigenvalue weighted by Crippen LogP contribution is -2.09. The third kappa shape index (κ3) is 5.74. The van der Waals surface area contributed by atoms with Crippen LogP contribution in [0.2, 0.25) is 0 Å². The summed E-state index contributed by atoms with van der Waals surface area (Å²) in [5.74, 6) is 3.08. The van der Waals surface area contributed by atoms with E-state index in [1.54, 1.807) is 21.3 Å². The van der Waals surface area contributed by atoms with Gasteiger partial charge in [0.15, 0.2) is 11.5 Å². The maximum atomic E-state index is 10.1. The summed E-state index contributed by atoms with van der Waals surface area (Å²) in [4.78, 5) is 23.9. The highest BCUT2D eigenvalue weighted by Crippen LogP contribution is 2.44. The first-order valence-electron chi connectivity index (χ1n) is 9.94. The molecule has 1 aromatic heterocycles. The van der Waals surface area contributed by atoms with Gasteiger partial charge in [0, 0.05) is 12.5 Å². The minimum atomic E-state index is -0.758. The number of unbranched alkanes of at least 4 members (excludes halogenated alkanes) is 3. The normalized spacial score (nSPS) is 10.9. The van der Waals surface area contributed by atoms with Crippen LogP contribution in [0.3, 0.4) is 0 Å². The molecule has 0 fully saturated rings. The van der Waals surface area contributed by atoms with Crippen molar-refractivity contribution in [1.82, 2.24) is 9.97 Å². The van der Waals surface area contributed by atoms with Gasteiger partial charge in [0.25, 0.3) is 5.09 Å². The van der Waals surface area contributed by atoms with Crippen LogP contribution < -0.4 is 19.5 Å². The highest BCUT2D eigenvalue weighted by Gasteiger charge is 2.21. The van der Waals surface area contributed by atoms with Crippen molar-refractivity contribution in [3.63, 3.8) is 0 Å². The molecule has 10 nitrogen and oxygen atoms in total. The van der Waals surface area contributed by atoms with E-state index in [9.17, 15) is 10.1 Å². The van der Waals surface area contributed by atoms with Crippen molar-refractivity contribution in [1.29, 1.82) is 0 Å². The van der Waals surface area contributed by atoms with Crippen LogP contribution in [0.1, 0.15) is 51.3 Å². The monoisotopic (exact) mass is 422 g/mol. The maximum absolute atomic E-state index is 10.1. The van der Waals surface area contributed by atoms with Gasteiger partial charge in [-0.1, -0.05) is 26.7 Å². The standard InChI is InChI=1S/C20H30N4O6/c1-13(2)19-22-16-14(12-15(27-3)17(28-4)18(16)29-5)20(23-19)21-10-8-6-7-9-11-30-24(25)26/h12-13H,6-11H2,1-5H3,(H,21,22,23). The third-order valence-corrected chi connectivity index (χ3v) is 4.59. The average Bonchev–Trinajstić information content (AvgIpc) is 2.73. The number of benzene rings is 1. The molecule has 1 aromatic carbocycles. The molecule has 2 rings (SSSR count). The molecule has 0 saturated carbocycles. The highest BCUT2D eigenvalue weighted by atomic mass is 16.9. The Morgan fingerprint density at radius 2 is 1.73 bits per heavy atom. The summed E-state index contributed by atoms with van der Waals surface area (Å²) < 4.78 is 16.5. The van der Waals surface area contributed by atoms with E-state index in [1.807, 2.05) is 19.9 Å². The summed E-state index contributed by atoms with van der Waals surface area (Å²) >= 11 is 0. The summed E-state index contributed by atoms with van der Waals surface area (Å²) in [6.45, 7) is 4.91. The summed E-state index contributed by atoms with van der Waals surface area (Å²) in [7, 11) is 4.71. The van der Waals surface area contributed by atoms with Crippen LogP contribution in [-0.2, 0) is 4.84 Å². The van der Waals surface area contributed by atoms with Gasteiger partial charge in [0.1, 0.15) is 17.2 Å². The Morgan fingerprint density at radius 3 is 2.33 bits per heavy atom. The molecule has 1 N–H and O–H groups in total. The maximum Gasteiger partial charge on any atom is 0.294 e. The van der Waals surface area contributed by atoms with Crippen LogP contribution in [0.5, 0.6) is 17.2 Å². The van der Waals surface area contributed by atoms with Gasteiger partial charge in [0.2, 0.25) is 5.75 Å². The zero-order valence-electron chi connectivity index (χ0n) is 18.2. The first kappa shape index (κ1) is 23.2. The van der Waals surface area contributed by atoms with Gasteiger partial charge >= 0.3 is 0 Å². The van der Waals surface area contributed by atoms with Crippen LogP contribution >= 0.6 is 0 Å². The largest absolute Gasteiger partial charge is 0.493 e. The van der Waals surface area contributed by atoms with Crippen molar-refractivity contribution in [3.8, 4) is 17.2 Å². The molecule has 0 unspecified atom stereocenters. The Bertz CT molecular complexity index is 859. The van der Waals surface area contributed by atoms with Crippen LogP contribution in [-0.4, -0.2) is 49.5 Å². The lowest BCUT2D eigenvalue weighted by Gasteiger charge is -2.18. The zero-order valence-corrected chi connectivity index (χ0v) is 18.2. The number of methoxy groups -OCH3 is 3. The molecule has 0 radical (unpaired) electrons. The summed E-state index contributed by atoms with van der Waals surface area (Å²) in [6.07, 6.45) is 3.33. The summed E-state index contributed by atoms with van der Waals surface area (Å²) in [5.41, 5.74) is 0.660. The van der Waals surface area contributed by atoms with E-state index in [-0.39, 0.29) is 12.5 Å². The molecule has 166 valence electrons. The van der Waals surface area contributed by atoms with Crippen molar-refractivity contribution in [2.24, 2.45) is 0 Å². The number of nitrogens with zero attached hydrogens (tertiary/aromatic N) is 3. The Morgan fingerprint density at radius 1 is 1.03 bits per heavy atom. The highest BCUT2D eigenvalue weighted by molar-refractivity contribution is 5.97. The molecule has 0 spiro atoms. The fourth-order valence-electron chi connectivity index (χ4n) is 3.07. The molecular weight excluding hydrogens is 392 g/mol. The van der Waals surface area contributed by atoms with Crippen molar-refractivity contribution in [2.45, 2.75) is 45.4 Å². The van der Waals surface area contributed by atoms with Crippen LogP contribution in [0.15, 0.2) is 6.07 Å². The molecule has 2 aromatic rings. The number of aromatic nitrogens is 2. The van der Waals surface area contributed by atoms with Gasteiger partial charge in [-0.25, -0.2) is 9.97 Å². The van der Waals surface area contributed by atoms with E-state index in [0.717, 1.165) is 24.6 Å². The number of rotatable bonds is 13. The fourth-order valence-corrected chi connectivity index (χ4v) is 3.07. The number of anilines is 1. The SMILES string of the molecule is COc1cc2c(NCCCCCCO[N+](=O)[O-])nc(C(C)C)nc2c(OC)c1OC. The number of ether oxygens (including phenoxy) is 3. The van der Waals surface area contributed by atoms with Gasteiger partial charge in [-0.2, -0.15) is 0 Å². The van der Waals surface area contributed by atoms with Gasteiger partial charge in [0.05, 0.1) is 33.3 Å². The number of hydrogen-bond donors (Lipinski definition) is 1. The molecule has 10 heteroatoms. The Kier molecular flexibility index (Phi) is 8.70. The fraction of sp³-hybridized carbons (Fsp3) is 0.600. The van der Waals surface area contributed by atoms with Crippen LogP contribution in [0.4, 0.5) is 5.82 Å². The van der Waals surface area contributed by atoms with Crippen molar-refractivity contribution in [3.05, 3.63) is 22.0 Å². The topological polar surface area (TPSA) is 118 Å².